The zero-order valence-corrected chi connectivity index (χ0v) is 11.9. The highest BCUT2D eigenvalue weighted by Crippen LogP contribution is 2.43. The van der Waals surface area contributed by atoms with Crippen LogP contribution in [0.2, 0.25) is 0 Å². The van der Waals surface area contributed by atoms with Gasteiger partial charge in [0.25, 0.3) is 0 Å². The average Bonchev–Trinajstić information content (AvgIpc) is 2.96. The zero-order valence-electron chi connectivity index (χ0n) is 10.3. The molecule has 2 aliphatic carbocycles. The highest BCUT2D eigenvalue weighted by Gasteiger charge is 2.39. The third-order valence-corrected chi connectivity index (χ3v) is 4.93. The van der Waals surface area contributed by atoms with Crippen molar-refractivity contribution >= 4 is 27.5 Å². The van der Waals surface area contributed by atoms with E-state index in [0.29, 0.717) is 11.8 Å². The Morgan fingerprint density at radius 1 is 1.33 bits per heavy atom. The molecular formula is C15H16BrNO. The predicted octanol–water partition coefficient (Wildman–Crippen LogP) is 3.91. The summed E-state index contributed by atoms with van der Waals surface area (Å²) in [6, 6.07) is 5.93. The summed E-state index contributed by atoms with van der Waals surface area (Å²) >= 11 is 3.47. The molecule has 0 aromatic heterocycles. The normalized spacial score (nSPS) is 28.7. The van der Waals surface area contributed by atoms with Crippen molar-refractivity contribution in [2.45, 2.75) is 19.8 Å². The van der Waals surface area contributed by atoms with Gasteiger partial charge in [0.1, 0.15) is 0 Å². The molecule has 0 spiro atoms. The molecule has 0 radical (unpaired) electrons. The largest absolute Gasteiger partial charge is 0.326 e. The van der Waals surface area contributed by atoms with E-state index in [1.165, 1.54) is 0 Å². The summed E-state index contributed by atoms with van der Waals surface area (Å²) in [5.74, 6) is 1.45. The number of fused-ring (bicyclic) bond motifs is 2. The highest BCUT2D eigenvalue weighted by molar-refractivity contribution is 9.10. The molecule has 0 aliphatic heterocycles. The van der Waals surface area contributed by atoms with Gasteiger partial charge in [-0.3, -0.25) is 4.79 Å². The molecule has 1 aromatic rings. The van der Waals surface area contributed by atoms with E-state index in [1.807, 2.05) is 25.1 Å². The Hall–Kier alpha value is -1.09. The Labute approximate surface area is 116 Å². The number of aryl methyl sites for hydroxylation is 1. The number of hydrogen-bond donors (Lipinski definition) is 1. The van der Waals surface area contributed by atoms with E-state index in [-0.39, 0.29) is 11.8 Å². The van der Waals surface area contributed by atoms with Crippen LogP contribution in [-0.2, 0) is 4.79 Å². The van der Waals surface area contributed by atoms with Crippen molar-refractivity contribution < 1.29 is 4.79 Å². The van der Waals surface area contributed by atoms with Crippen LogP contribution in [0, 0.1) is 24.7 Å². The SMILES string of the molecule is Cc1cc(NC(=O)C2CC3C=CC2C3)ccc1Br. The monoisotopic (exact) mass is 305 g/mol. The van der Waals surface area contributed by atoms with Crippen molar-refractivity contribution in [2.75, 3.05) is 5.32 Å². The van der Waals surface area contributed by atoms with E-state index < -0.39 is 0 Å². The summed E-state index contributed by atoms with van der Waals surface area (Å²) in [6.07, 6.45) is 6.66. The standard InChI is InChI=1S/C15H16BrNO/c1-9-6-12(4-5-14(9)16)17-15(18)13-8-10-2-3-11(13)7-10/h2-6,10-11,13H,7-8H2,1H3,(H,17,18). The van der Waals surface area contributed by atoms with E-state index in [0.717, 1.165) is 28.6 Å². The molecule has 1 saturated carbocycles. The minimum absolute atomic E-state index is 0.170. The number of hydrogen-bond acceptors (Lipinski definition) is 1. The molecule has 2 aliphatic rings. The summed E-state index contributed by atoms with van der Waals surface area (Å²) in [5, 5.41) is 3.04. The van der Waals surface area contributed by atoms with Gasteiger partial charge < -0.3 is 5.32 Å². The fraction of sp³-hybridized carbons (Fsp3) is 0.400. The van der Waals surface area contributed by atoms with Crippen LogP contribution >= 0.6 is 15.9 Å². The number of nitrogens with one attached hydrogen (secondary N) is 1. The molecule has 18 heavy (non-hydrogen) atoms. The second kappa shape index (κ2) is 4.54. The first-order valence-electron chi connectivity index (χ1n) is 6.39. The lowest BCUT2D eigenvalue weighted by atomic mass is 9.93. The number of allylic oxidation sites excluding steroid dienone is 2. The molecule has 2 bridgehead atoms. The van der Waals surface area contributed by atoms with Crippen LogP contribution in [-0.4, -0.2) is 5.91 Å². The minimum atomic E-state index is 0.170. The maximum Gasteiger partial charge on any atom is 0.228 e. The number of amides is 1. The maximum atomic E-state index is 12.2. The molecule has 3 rings (SSSR count). The molecule has 1 aromatic carbocycles. The zero-order chi connectivity index (χ0) is 12.7. The van der Waals surface area contributed by atoms with Crippen molar-refractivity contribution in [3.63, 3.8) is 0 Å². The number of carbonyl (C=O) groups excluding carboxylic acids is 1. The minimum Gasteiger partial charge on any atom is -0.326 e. The lowest BCUT2D eigenvalue weighted by Gasteiger charge is -2.17. The Morgan fingerprint density at radius 3 is 2.78 bits per heavy atom. The fourth-order valence-corrected chi connectivity index (χ4v) is 3.29. The smallest absolute Gasteiger partial charge is 0.228 e. The molecule has 3 heteroatoms. The summed E-state index contributed by atoms with van der Waals surface area (Å²) in [5.41, 5.74) is 2.04. The summed E-state index contributed by atoms with van der Waals surface area (Å²) < 4.78 is 1.07. The summed E-state index contributed by atoms with van der Waals surface area (Å²) in [6.45, 7) is 2.03. The Bertz CT molecular complexity index is 523. The topological polar surface area (TPSA) is 29.1 Å². The molecule has 94 valence electrons. The molecule has 1 N–H and O–H groups in total. The molecule has 3 atom stereocenters. The fourth-order valence-electron chi connectivity index (χ4n) is 3.04. The van der Waals surface area contributed by atoms with Crippen molar-refractivity contribution in [1.29, 1.82) is 0 Å². The first kappa shape index (κ1) is 12.0. The summed E-state index contributed by atoms with van der Waals surface area (Å²) in [4.78, 5) is 12.2. The van der Waals surface area contributed by atoms with Crippen LogP contribution in [0.5, 0.6) is 0 Å². The van der Waals surface area contributed by atoms with Gasteiger partial charge in [0.05, 0.1) is 0 Å². The van der Waals surface area contributed by atoms with Crippen LogP contribution in [0.4, 0.5) is 5.69 Å². The third kappa shape index (κ3) is 2.12. The Balaban J connectivity index is 1.71. The van der Waals surface area contributed by atoms with Crippen molar-refractivity contribution in [3.8, 4) is 0 Å². The number of halogens is 1. The second-order valence-electron chi connectivity index (χ2n) is 5.34. The van der Waals surface area contributed by atoms with Gasteiger partial charge in [-0.05, 0) is 55.4 Å². The number of carbonyl (C=O) groups is 1. The molecule has 1 fully saturated rings. The van der Waals surface area contributed by atoms with Gasteiger partial charge in [-0.25, -0.2) is 0 Å². The quantitative estimate of drug-likeness (QED) is 0.825. The summed E-state index contributed by atoms with van der Waals surface area (Å²) in [7, 11) is 0. The van der Waals surface area contributed by atoms with Crippen molar-refractivity contribution in [3.05, 3.63) is 40.4 Å². The average molecular weight is 306 g/mol. The second-order valence-corrected chi connectivity index (χ2v) is 6.19. The Kier molecular flexibility index (Phi) is 3.02. The van der Waals surface area contributed by atoms with Crippen LogP contribution in [0.25, 0.3) is 0 Å². The lowest BCUT2D eigenvalue weighted by Crippen LogP contribution is -2.25. The van der Waals surface area contributed by atoms with Crippen molar-refractivity contribution in [2.24, 2.45) is 17.8 Å². The van der Waals surface area contributed by atoms with E-state index in [1.54, 1.807) is 0 Å². The van der Waals surface area contributed by atoms with Gasteiger partial charge in [0.2, 0.25) is 5.91 Å². The lowest BCUT2D eigenvalue weighted by molar-refractivity contribution is -0.120. The van der Waals surface area contributed by atoms with Gasteiger partial charge in [-0.15, -0.1) is 0 Å². The van der Waals surface area contributed by atoms with Gasteiger partial charge in [0.15, 0.2) is 0 Å². The third-order valence-electron chi connectivity index (χ3n) is 4.04. The van der Waals surface area contributed by atoms with E-state index in [4.69, 9.17) is 0 Å². The molecule has 1 amide bonds. The highest BCUT2D eigenvalue weighted by atomic mass is 79.9. The predicted molar refractivity (Wildman–Crippen MR) is 76.4 cm³/mol. The Morgan fingerprint density at radius 2 is 2.17 bits per heavy atom. The molecule has 2 nitrogen and oxygen atoms in total. The molecule has 3 unspecified atom stereocenters. The molecular weight excluding hydrogens is 290 g/mol. The molecule has 0 heterocycles. The van der Waals surface area contributed by atoms with Crippen LogP contribution in [0.1, 0.15) is 18.4 Å². The molecule has 0 saturated heterocycles. The van der Waals surface area contributed by atoms with Crippen LogP contribution in [0.3, 0.4) is 0 Å². The van der Waals surface area contributed by atoms with E-state index >= 15 is 0 Å². The van der Waals surface area contributed by atoms with Crippen LogP contribution < -0.4 is 5.32 Å². The van der Waals surface area contributed by atoms with Gasteiger partial charge in [-0.2, -0.15) is 0 Å². The number of benzene rings is 1. The first-order valence-corrected chi connectivity index (χ1v) is 7.18. The van der Waals surface area contributed by atoms with Crippen molar-refractivity contribution in [1.82, 2.24) is 0 Å². The van der Waals surface area contributed by atoms with Gasteiger partial charge in [-0.1, -0.05) is 28.1 Å². The maximum absolute atomic E-state index is 12.2. The van der Waals surface area contributed by atoms with Gasteiger partial charge >= 0.3 is 0 Å². The first-order chi connectivity index (χ1) is 8.63. The number of rotatable bonds is 2. The van der Waals surface area contributed by atoms with E-state index in [9.17, 15) is 4.79 Å². The van der Waals surface area contributed by atoms with Gasteiger partial charge in [0, 0.05) is 16.1 Å². The van der Waals surface area contributed by atoms with E-state index in [2.05, 4.69) is 33.4 Å². The van der Waals surface area contributed by atoms with Crippen LogP contribution in [0.15, 0.2) is 34.8 Å². The number of anilines is 1.